The number of ether oxygens (including phenoxy) is 1. The Hall–Kier alpha value is -0.380. The molecule has 0 amide bonds. The van der Waals surface area contributed by atoms with Crippen molar-refractivity contribution in [2.75, 3.05) is 19.8 Å². The molecule has 1 N–H and O–H groups in total. The minimum absolute atomic E-state index is 0.116. The maximum atomic E-state index is 9.00. The van der Waals surface area contributed by atoms with Gasteiger partial charge < -0.3 is 9.84 Å². The van der Waals surface area contributed by atoms with E-state index in [1.165, 1.54) is 5.56 Å². The van der Waals surface area contributed by atoms with Crippen LogP contribution in [0.15, 0.2) is 16.8 Å². The zero-order valence-electron chi connectivity index (χ0n) is 8.82. The van der Waals surface area contributed by atoms with Crippen molar-refractivity contribution >= 4 is 11.3 Å². The van der Waals surface area contributed by atoms with E-state index in [2.05, 4.69) is 16.8 Å². The normalized spacial score (nSPS) is 11.9. The van der Waals surface area contributed by atoms with Crippen LogP contribution < -0.4 is 0 Å². The highest BCUT2D eigenvalue weighted by molar-refractivity contribution is 7.07. The first-order valence-corrected chi connectivity index (χ1v) is 5.78. The van der Waals surface area contributed by atoms with E-state index in [1.807, 2.05) is 13.8 Å². The van der Waals surface area contributed by atoms with Gasteiger partial charge >= 0.3 is 0 Å². The topological polar surface area (TPSA) is 29.5 Å². The molecule has 0 unspecified atom stereocenters. The largest absolute Gasteiger partial charge is 0.396 e. The molecule has 0 bridgehead atoms. The molecule has 1 heterocycles. The lowest BCUT2D eigenvalue weighted by Crippen LogP contribution is -2.24. The quantitative estimate of drug-likeness (QED) is 0.736. The summed E-state index contributed by atoms with van der Waals surface area (Å²) >= 11 is 1.71. The summed E-state index contributed by atoms with van der Waals surface area (Å²) in [5.74, 6) is 0. The molecule has 0 saturated carbocycles. The van der Waals surface area contributed by atoms with Crippen molar-refractivity contribution in [3.8, 4) is 0 Å². The van der Waals surface area contributed by atoms with Crippen LogP contribution in [-0.4, -0.2) is 24.9 Å². The lowest BCUT2D eigenvalue weighted by Gasteiger charge is -2.20. The van der Waals surface area contributed by atoms with Crippen molar-refractivity contribution in [1.82, 2.24) is 0 Å². The summed E-state index contributed by atoms with van der Waals surface area (Å²) < 4.78 is 5.51. The van der Waals surface area contributed by atoms with Gasteiger partial charge in [-0.2, -0.15) is 11.3 Å². The predicted molar refractivity (Wildman–Crippen MR) is 59.7 cm³/mol. The first kappa shape index (κ1) is 11.7. The van der Waals surface area contributed by atoms with Gasteiger partial charge in [-0.3, -0.25) is 0 Å². The summed E-state index contributed by atoms with van der Waals surface area (Å²) in [5, 5.41) is 13.2. The Balaban J connectivity index is 2.11. The van der Waals surface area contributed by atoms with E-state index in [9.17, 15) is 0 Å². The van der Waals surface area contributed by atoms with Crippen LogP contribution in [0.5, 0.6) is 0 Å². The molecular formula is C11H18O2S. The van der Waals surface area contributed by atoms with E-state index in [1.54, 1.807) is 11.3 Å². The van der Waals surface area contributed by atoms with Crippen LogP contribution in [0.4, 0.5) is 0 Å². The Morgan fingerprint density at radius 3 is 2.86 bits per heavy atom. The first-order chi connectivity index (χ1) is 6.64. The second-order valence-corrected chi connectivity index (χ2v) is 5.04. The summed E-state index contributed by atoms with van der Waals surface area (Å²) in [5.41, 5.74) is 1.21. The molecule has 3 heteroatoms. The highest BCUT2D eigenvalue weighted by Crippen LogP contribution is 2.14. The molecular weight excluding hydrogens is 196 g/mol. The summed E-state index contributed by atoms with van der Waals surface area (Å²) in [6.45, 7) is 5.52. The van der Waals surface area contributed by atoms with Crippen LogP contribution >= 0.6 is 11.3 Å². The molecule has 0 radical (unpaired) electrons. The molecule has 0 spiro atoms. The summed E-state index contributed by atoms with van der Waals surface area (Å²) in [4.78, 5) is 0. The maximum absolute atomic E-state index is 9.00. The smallest absolute Gasteiger partial charge is 0.0539 e. The van der Waals surface area contributed by atoms with Gasteiger partial charge in [0, 0.05) is 5.41 Å². The molecule has 1 aromatic heterocycles. The van der Waals surface area contributed by atoms with Gasteiger partial charge in [0.1, 0.15) is 0 Å². The average Bonchev–Trinajstić information content (AvgIpc) is 2.65. The third-order valence-corrected chi connectivity index (χ3v) is 2.77. The molecule has 0 saturated heterocycles. The van der Waals surface area contributed by atoms with Crippen molar-refractivity contribution in [2.24, 2.45) is 5.41 Å². The SMILES string of the molecule is CC(C)(CO)COCCc1ccsc1. The molecule has 1 rings (SSSR count). The Kier molecular flexibility index (Phi) is 4.58. The van der Waals surface area contributed by atoms with Gasteiger partial charge in [-0.05, 0) is 28.8 Å². The van der Waals surface area contributed by atoms with E-state index in [0.717, 1.165) is 13.0 Å². The minimum atomic E-state index is -0.116. The van der Waals surface area contributed by atoms with Crippen molar-refractivity contribution in [1.29, 1.82) is 0 Å². The number of hydrogen-bond acceptors (Lipinski definition) is 3. The number of hydrogen-bond donors (Lipinski definition) is 1. The zero-order valence-corrected chi connectivity index (χ0v) is 9.64. The number of rotatable bonds is 6. The highest BCUT2D eigenvalue weighted by Gasteiger charge is 2.16. The van der Waals surface area contributed by atoms with Gasteiger partial charge in [0.25, 0.3) is 0 Å². The molecule has 80 valence electrons. The van der Waals surface area contributed by atoms with Gasteiger partial charge in [-0.1, -0.05) is 13.8 Å². The van der Waals surface area contributed by atoms with Crippen molar-refractivity contribution in [3.63, 3.8) is 0 Å². The molecule has 14 heavy (non-hydrogen) atoms. The molecule has 1 aromatic rings. The van der Waals surface area contributed by atoms with Crippen LogP contribution in [-0.2, 0) is 11.2 Å². The standard InChI is InChI=1S/C11H18O2S/c1-11(2,8-12)9-13-5-3-10-4-6-14-7-10/h4,6-7,12H,3,5,8-9H2,1-2H3. The zero-order chi connectivity index (χ0) is 10.4. The molecule has 0 atom stereocenters. The fraction of sp³-hybridized carbons (Fsp3) is 0.636. The molecule has 2 nitrogen and oxygen atoms in total. The number of thiophene rings is 1. The maximum Gasteiger partial charge on any atom is 0.0539 e. The van der Waals surface area contributed by atoms with Gasteiger partial charge in [0.05, 0.1) is 19.8 Å². The number of aliphatic hydroxyl groups is 1. The van der Waals surface area contributed by atoms with E-state index >= 15 is 0 Å². The number of aliphatic hydroxyl groups excluding tert-OH is 1. The van der Waals surface area contributed by atoms with Crippen LogP contribution in [0.25, 0.3) is 0 Å². The average molecular weight is 214 g/mol. The molecule has 0 aliphatic heterocycles. The fourth-order valence-electron chi connectivity index (χ4n) is 1.02. The van der Waals surface area contributed by atoms with Crippen molar-refractivity contribution < 1.29 is 9.84 Å². The Morgan fingerprint density at radius 2 is 2.29 bits per heavy atom. The third-order valence-electron chi connectivity index (χ3n) is 2.04. The Morgan fingerprint density at radius 1 is 1.50 bits per heavy atom. The van der Waals surface area contributed by atoms with E-state index in [4.69, 9.17) is 9.84 Å². The molecule has 0 aromatic carbocycles. The van der Waals surface area contributed by atoms with Crippen LogP contribution in [0.1, 0.15) is 19.4 Å². The van der Waals surface area contributed by atoms with E-state index in [-0.39, 0.29) is 12.0 Å². The fourth-order valence-corrected chi connectivity index (χ4v) is 1.72. The predicted octanol–water partition coefficient (Wildman–Crippen LogP) is 2.33. The molecule has 0 fully saturated rings. The van der Waals surface area contributed by atoms with Gasteiger partial charge in [0.15, 0.2) is 0 Å². The second kappa shape index (κ2) is 5.49. The second-order valence-electron chi connectivity index (χ2n) is 4.26. The van der Waals surface area contributed by atoms with Crippen LogP contribution in [0.3, 0.4) is 0 Å². The monoisotopic (exact) mass is 214 g/mol. The van der Waals surface area contributed by atoms with Crippen molar-refractivity contribution in [3.05, 3.63) is 22.4 Å². The van der Waals surface area contributed by atoms with Crippen LogP contribution in [0.2, 0.25) is 0 Å². The third kappa shape index (κ3) is 4.22. The lowest BCUT2D eigenvalue weighted by molar-refractivity contribution is 0.0294. The summed E-state index contributed by atoms with van der Waals surface area (Å²) in [7, 11) is 0. The van der Waals surface area contributed by atoms with E-state index < -0.39 is 0 Å². The molecule has 0 aliphatic rings. The van der Waals surface area contributed by atoms with Gasteiger partial charge in [-0.15, -0.1) is 0 Å². The van der Waals surface area contributed by atoms with Crippen LogP contribution in [0, 0.1) is 5.41 Å². The molecule has 0 aliphatic carbocycles. The lowest BCUT2D eigenvalue weighted by atomic mass is 9.97. The minimum Gasteiger partial charge on any atom is -0.396 e. The van der Waals surface area contributed by atoms with Crippen molar-refractivity contribution in [2.45, 2.75) is 20.3 Å². The Labute approximate surface area is 89.5 Å². The van der Waals surface area contributed by atoms with Gasteiger partial charge in [-0.25, -0.2) is 0 Å². The highest BCUT2D eigenvalue weighted by atomic mass is 32.1. The van der Waals surface area contributed by atoms with E-state index in [0.29, 0.717) is 6.61 Å². The van der Waals surface area contributed by atoms with Gasteiger partial charge in [0.2, 0.25) is 0 Å². The first-order valence-electron chi connectivity index (χ1n) is 4.84. The summed E-state index contributed by atoms with van der Waals surface area (Å²) in [6, 6.07) is 2.12. The summed E-state index contributed by atoms with van der Waals surface area (Å²) in [6.07, 6.45) is 0.963. The Bertz CT molecular complexity index is 242.